The van der Waals surface area contributed by atoms with E-state index in [1.54, 1.807) is 0 Å². The molecule has 1 atom stereocenters. The summed E-state index contributed by atoms with van der Waals surface area (Å²) in [6, 6.07) is 0.505. The van der Waals surface area contributed by atoms with Crippen molar-refractivity contribution < 1.29 is 26.7 Å². The summed E-state index contributed by atoms with van der Waals surface area (Å²) >= 11 is 2.77. The fourth-order valence-corrected chi connectivity index (χ4v) is 1.53. The topological polar surface area (TPSA) is 35.2 Å². The van der Waals surface area contributed by atoms with Crippen LogP contribution < -0.4 is 5.73 Å². The Balaban J connectivity index is 2.67. The lowest BCUT2D eigenvalue weighted by molar-refractivity contribution is -0.174. The number of halogens is 6. The van der Waals surface area contributed by atoms with Gasteiger partial charge in [-0.15, -0.1) is 0 Å². The van der Waals surface area contributed by atoms with Gasteiger partial charge in [0.05, 0.1) is 17.1 Å². The van der Waals surface area contributed by atoms with Crippen molar-refractivity contribution in [3.8, 4) is 0 Å². The first kappa shape index (κ1) is 15.3. The Hall–Kier alpha value is -0.730. The van der Waals surface area contributed by atoms with Crippen molar-refractivity contribution in [1.29, 1.82) is 0 Å². The molecule has 8 heteroatoms. The molecule has 0 amide bonds. The molecule has 0 aromatic heterocycles. The Morgan fingerprint density at radius 1 is 1.22 bits per heavy atom. The van der Waals surface area contributed by atoms with Gasteiger partial charge < -0.3 is 10.5 Å². The molecule has 2 N–H and O–H groups in total. The van der Waals surface area contributed by atoms with Crippen LogP contribution in [-0.4, -0.2) is 19.4 Å². The van der Waals surface area contributed by atoms with E-state index in [1.807, 2.05) is 0 Å². The zero-order valence-corrected chi connectivity index (χ0v) is 10.5. The van der Waals surface area contributed by atoms with Gasteiger partial charge in [-0.1, -0.05) is 0 Å². The van der Waals surface area contributed by atoms with Crippen LogP contribution in [0.2, 0.25) is 0 Å². The van der Waals surface area contributed by atoms with Crippen molar-refractivity contribution in [3.05, 3.63) is 33.8 Å². The minimum absolute atomic E-state index is 0.0906. The predicted molar refractivity (Wildman–Crippen MR) is 57.9 cm³/mol. The second kappa shape index (κ2) is 5.94. The van der Waals surface area contributed by atoms with E-state index in [1.165, 1.54) is 0 Å². The number of hydrogen-bond donors (Lipinski definition) is 1. The molecule has 0 aliphatic carbocycles. The standard InChI is InChI=1S/C10H9BrF5NO/c11-6-2-7(12)5(1-8(6)13)9(17)3-18-4-10(14,15)16/h1-2,9H,3-4,17H2. The minimum Gasteiger partial charge on any atom is -0.370 e. The van der Waals surface area contributed by atoms with Crippen molar-refractivity contribution in [2.24, 2.45) is 5.73 Å². The number of alkyl halides is 3. The maximum absolute atomic E-state index is 13.4. The normalized spacial score (nSPS) is 13.7. The molecule has 1 unspecified atom stereocenters. The zero-order valence-electron chi connectivity index (χ0n) is 8.90. The first-order chi connectivity index (χ1) is 8.20. The average molecular weight is 334 g/mol. The van der Waals surface area contributed by atoms with Crippen LogP contribution in [0.3, 0.4) is 0 Å². The molecule has 2 nitrogen and oxygen atoms in total. The van der Waals surface area contributed by atoms with Gasteiger partial charge in [-0.05, 0) is 28.1 Å². The molecule has 1 aromatic rings. The van der Waals surface area contributed by atoms with Crippen LogP contribution in [0.4, 0.5) is 22.0 Å². The lowest BCUT2D eigenvalue weighted by atomic mass is 10.1. The Bertz CT molecular complexity index is 423. The van der Waals surface area contributed by atoms with Crippen LogP contribution in [0.1, 0.15) is 11.6 Å². The molecule has 0 saturated heterocycles. The van der Waals surface area contributed by atoms with Gasteiger partial charge >= 0.3 is 6.18 Å². The van der Waals surface area contributed by atoms with Crippen molar-refractivity contribution >= 4 is 15.9 Å². The summed E-state index contributed by atoms with van der Waals surface area (Å²) < 4.78 is 66.1. The predicted octanol–water partition coefficient (Wildman–Crippen LogP) is 3.31. The van der Waals surface area contributed by atoms with E-state index in [9.17, 15) is 22.0 Å². The summed E-state index contributed by atoms with van der Waals surface area (Å²) in [5.41, 5.74) is 5.19. The summed E-state index contributed by atoms with van der Waals surface area (Å²) in [5, 5.41) is 0. The smallest absolute Gasteiger partial charge is 0.370 e. The van der Waals surface area contributed by atoms with E-state index in [0.29, 0.717) is 0 Å². The lowest BCUT2D eigenvalue weighted by Crippen LogP contribution is -2.24. The van der Waals surface area contributed by atoms with Crippen LogP contribution in [0.15, 0.2) is 16.6 Å². The van der Waals surface area contributed by atoms with E-state index >= 15 is 0 Å². The van der Waals surface area contributed by atoms with Gasteiger partial charge in [-0.3, -0.25) is 0 Å². The second-order valence-corrected chi connectivity index (χ2v) is 4.38. The third-order valence-corrected chi connectivity index (χ3v) is 2.61. The van der Waals surface area contributed by atoms with Crippen LogP contribution in [-0.2, 0) is 4.74 Å². The molecule has 1 aromatic carbocycles. The maximum Gasteiger partial charge on any atom is 0.411 e. The minimum atomic E-state index is -4.48. The van der Waals surface area contributed by atoms with Gasteiger partial charge in [-0.2, -0.15) is 13.2 Å². The van der Waals surface area contributed by atoms with Gasteiger partial charge in [0, 0.05) is 5.56 Å². The highest BCUT2D eigenvalue weighted by molar-refractivity contribution is 9.10. The van der Waals surface area contributed by atoms with E-state index in [0.717, 1.165) is 12.1 Å². The molecule has 1 rings (SSSR count). The Kier molecular flexibility index (Phi) is 5.06. The van der Waals surface area contributed by atoms with E-state index in [2.05, 4.69) is 20.7 Å². The third-order valence-electron chi connectivity index (χ3n) is 2.00. The van der Waals surface area contributed by atoms with Gasteiger partial charge in [0.15, 0.2) is 0 Å². The molecule has 0 heterocycles. The molecule has 0 spiro atoms. The molecule has 0 saturated carbocycles. The van der Waals surface area contributed by atoms with Gasteiger partial charge in [-0.25, -0.2) is 8.78 Å². The summed E-state index contributed by atoms with van der Waals surface area (Å²) in [5.74, 6) is -1.57. The van der Waals surface area contributed by atoms with Crippen LogP contribution in [0.25, 0.3) is 0 Å². The molecular formula is C10H9BrF5NO. The van der Waals surface area contributed by atoms with E-state index < -0.39 is 37.1 Å². The third kappa shape index (κ3) is 4.51. The number of nitrogens with two attached hydrogens (primary N) is 1. The molecule has 0 aliphatic rings. The molecule has 0 aliphatic heterocycles. The van der Waals surface area contributed by atoms with Crippen LogP contribution >= 0.6 is 15.9 Å². The Morgan fingerprint density at radius 3 is 2.39 bits per heavy atom. The molecule has 0 fully saturated rings. The molecular weight excluding hydrogens is 325 g/mol. The SMILES string of the molecule is NC(COCC(F)(F)F)c1cc(F)c(Br)cc1F. The van der Waals surface area contributed by atoms with Gasteiger partial charge in [0.25, 0.3) is 0 Å². The van der Waals surface area contributed by atoms with Crippen molar-refractivity contribution in [2.75, 3.05) is 13.2 Å². The fraction of sp³-hybridized carbons (Fsp3) is 0.400. The van der Waals surface area contributed by atoms with Crippen LogP contribution in [0.5, 0.6) is 0 Å². The number of benzene rings is 1. The van der Waals surface area contributed by atoms with Gasteiger partial charge in [0.2, 0.25) is 0 Å². The lowest BCUT2D eigenvalue weighted by Gasteiger charge is -2.15. The van der Waals surface area contributed by atoms with Crippen LogP contribution in [0, 0.1) is 11.6 Å². The van der Waals surface area contributed by atoms with Crippen molar-refractivity contribution in [1.82, 2.24) is 0 Å². The average Bonchev–Trinajstić information content (AvgIpc) is 2.21. The highest BCUT2D eigenvalue weighted by Crippen LogP contribution is 2.24. The van der Waals surface area contributed by atoms with Gasteiger partial charge in [0.1, 0.15) is 18.2 Å². The molecule has 0 radical (unpaired) electrons. The summed E-state index contributed by atoms with van der Waals surface area (Å²) in [6.45, 7) is -2.04. The summed E-state index contributed by atoms with van der Waals surface area (Å²) in [4.78, 5) is 0. The quantitative estimate of drug-likeness (QED) is 0.677. The summed E-state index contributed by atoms with van der Waals surface area (Å²) in [7, 11) is 0. The molecule has 0 bridgehead atoms. The highest BCUT2D eigenvalue weighted by atomic mass is 79.9. The molecule has 18 heavy (non-hydrogen) atoms. The largest absolute Gasteiger partial charge is 0.411 e. The van der Waals surface area contributed by atoms with E-state index in [4.69, 9.17) is 5.73 Å². The second-order valence-electron chi connectivity index (χ2n) is 3.52. The first-order valence-electron chi connectivity index (χ1n) is 4.75. The number of hydrogen-bond acceptors (Lipinski definition) is 2. The number of ether oxygens (including phenoxy) is 1. The maximum atomic E-state index is 13.4. The zero-order chi connectivity index (χ0) is 13.9. The summed E-state index contributed by atoms with van der Waals surface area (Å²) in [6.07, 6.45) is -4.48. The highest BCUT2D eigenvalue weighted by Gasteiger charge is 2.28. The van der Waals surface area contributed by atoms with Crippen molar-refractivity contribution in [3.63, 3.8) is 0 Å². The number of rotatable bonds is 4. The first-order valence-corrected chi connectivity index (χ1v) is 5.54. The van der Waals surface area contributed by atoms with Crippen molar-refractivity contribution in [2.45, 2.75) is 12.2 Å². The van der Waals surface area contributed by atoms with E-state index in [-0.39, 0.29) is 10.0 Å². The Morgan fingerprint density at radius 2 is 1.83 bits per heavy atom. The monoisotopic (exact) mass is 333 g/mol. The Labute approximate surface area is 108 Å². The fourth-order valence-electron chi connectivity index (χ4n) is 1.21. The molecule has 102 valence electrons.